The van der Waals surface area contributed by atoms with Crippen LogP contribution in [-0.2, 0) is 36.8 Å². The molecule has 4 amide bonds. The van der Waals surface area contributed by atoms with Crippen LogP contribution in [0.1, 0.15) is 31.0 Å². The average molecular weight is 571 g/mol. The molecule has 220 valence electrons. The third-order valence-corrected chi connectivity index (χ3v) is 6.42. The zero-order valence-corrected chi connectivity index (χ0v) is 22.3. The molecule has 0 aliphatic heterocycles. The van der Waals surface area contributed by atoms with Gasteiger partial charge in [-0.3, -0.25) is 19.2 Å². The Balaban J connectivity index is 1.71. The molecule has 41 heavy (non-hydrogen) atoms. The molecule has 1 aromatic carbocycles. The van der Waals surface area contributed by atoms with E-state index < -0.39 is 59.9 Å². The molecule has 3 rings (SSSR count). The standard InChI is InChI=1S/C26H34N8O7/c1-13(35)22(34-23(37)17(27)8-14-10-30-18-5-3-2-4-16(14)18)25(39)33-20(9-15-11-29-12-31-15)24(38)32-19(26(40)41)6-7-21(28)36/h2-5,10-13,17,19-20,22,30,35H,6-9,27H2,1H3,(H2,28,36)(H,29,31)(H,32,38)(H,33,39)(H,34,37)(H,40,41). The number of imidazole rings is 1. The molecule has 2 heterocycles. The molecular weight excluding hydrogens is 536 g/mol. The van der Waals surface area contributed by atoms with E-state index in [1.54, 1.807) is 6.20 Å². The maximum absolute atomic E-state index is 13.2. The van der Waals surface area contributed by atoms with Crippen LogP contribution in [0, 0.1) is 0 Å². The molecule has 0 aliphatic rings. The number of carbonyl (C=O) groups excluding carboxylic acids is 4. The van der Waals surface area contributed by atoms with Crippen molar-refractivity contribution in [1.29, 1.82) is 0 Å². The minimum Gasteiger partial charge on any atom is -0.480 e. The average Bonchev–Trinajstić information content (AvgIpc) is 3.58. The molecule has 0 saturated carbocycles. The molecule has 2 aromatic heterocycles. The van der Waals surface area contributed by atoms with Gasteiger partial charge in [0.2, 0.25) is 23.6 Å². The zero-order valence-electron chi connectivity index (χ0n) is 22.3. The van der Waals surface area contributed by atoms with Crippen molar-refractivity contribution in [2.24, 2.45) is 11.5 Å². The number of nitrogens with one attached hydrogen (secondary N) is 5. The Bertz CT molecular complexity index is 1370. The maximum Gasteiger partial charge on any atom is 0.326 e. The number of primary amides is 1. The van der Waals surface area contributed by atoms with Crippen molar-refractivity contribution in [1.82, 2.24) is 30.9 Å². The lowest BCUT2D eigenvalue weighted by Gasteiger charge is -2.26. The minimum absolute atomic E-state index is 0.125. The van der Waals surface area contributed by atoms with Crippen molar-refractivity contribution in [3.63, 3.8) is 0 Å². The number of carboxylic acids is 1. The number of aromatic amines is 2. The molecule has 5 atom stereocenters. The number of carboxylic acid groups (broad SMARTS) is 1. The summed E-state index contributed by atoms with van der Waals surface area (Å²) in [6, 6.07) is 2.14. The Labute approximate surface area is 234 Å². The number of fused-ring (bicyclic) bond motifs is 1. The predicted octanol–water partition coefficient (Wildman–Crippen LogP) is -1.81. The van der Waals surface area contributed by atoms with Crippen molar-refractivity contribution in [2.45, 2.75) is 62.9 Å². The number of amides is 4. The van der Waals surface area contributed by atoms with Crippen LogP contribution in [0.5, 0.6) is 0 Å². The van der Waals surface area contributed by atoms with Crippen LogP contribution >= 0.6 is 0 Å². The summed E-state index contributed by atoms with van der Waals surface area (Å²) in [6.07, 6.45) is 2.60. The third kappa shape index (κ3) is 8.61. The number of nitrogens with two attached hydrogens (primary N) is 2. The van der Waals surface area contributed by atoms with Gasteiger partial charge in [-0.25, -0.2) is 9.78 Å². The highest BCUT2D eigenvalue weighted by atomic mass is 16.4. The lowest BCUT2D eigenvalue weighted by atomic mass is 10.0. The largest absolute Gasteiger partial charge is 0.480 e. The number of aromatic nitrogens is 3. The predicted molar refractivity (Wildman–Crippen MR) is 146 cm³/mol. The van der Waals surface area contributed by atoms with Crippen LogP contribution in [0.3, 0.4) is 0 Å². The summed E-state index contributed by atoms with van der Waals surface area (Å²) in [4.78, 5) is 71.6. The van der Waals surface area contributed by atoms with Crippen LogP contribution in [0.2, 0.25) is 0 Å². The second-order valence-corrected chi connectivity index (χ2v) is 9.64. The highest BCUT2D eigenvalue weighted by Gasteiger charge is 2.33. The number of benzene rings is 1. The third-order valence-electron chi connectivity index (χ3n) is 6.42. The highest BCUT2D eigenvalue weighted by Crippen LogP contribution is 2.18. The van der Waals surface area contributed by atoms with Gasteiger partial charge in [0.15, 0.2) is 0 Å². The zero-order chi connectivity index (χ0) is 30.1. The van der Waals surface area contributed by atoms with Crippen molar-refractivity contribution in [2.75, 3.05) is 0 Å². The molecule has 0 radical (unpaired) electrons. The molecule has 3 aromatic rings. The first-order valence-electron chi connectivity index (χ1n) is 12.8. The van der Waals surface area contributed by atoms with Crippen molar-refractivity contribution in [3.8, 4) is 0 Å². The summed E-state index contributed by atoms with van der Waals surface area (Å²) in [5.41, 5.74) is 13.3. The summed E-state index contributed by atoms with van der Waals surface area (Å²) in [7, 11) is 0. The second-order valence-electron chi connectivity index (χ2n) is 9.64. The number of rotatable bonds is 15. The van der Waals surface area contributed by atoms with Crippen LogP contribution in [0.4, 0.5) is 0 Å². The first-order chi connectivity index (χ1) is 19.5. The van der Waals surface area contributed by atoms with E-state index >= 15 is 0 Å². The number of nitrogens with zero attached hydrogens (tertiary/aromatic N) is 1. The Morgan fingerprint density at radius 3 is 2.32 bits per heavy atom. The number of H-pyrrole nitrogens is 2. The van der Waals surface area contributed by atoms with Gasteiger partial charge in [-0.15, -0.1) is 0 Å². The van der Waals surface area contributed by atoms with Crippen molar-refractivity contribution < 1.29 is 34.2 Å². The van der Waals surface area contributed by atoms with Crippen molar-refractivity contribution >= 4 is 40.5 Å². The number of aliphatic hydroxyl groups excluding tert-OH is 1. The number of aliphatic hydroxyl groups is 1. The number of carbonyl (C=O) groups is 5. The molecule has 0 spiro atoms. The first-order valence-corrected chi connectivity index (χ1v) is 12.8. The summed E-state index contributed by atoms with van der Waals surface area (Å²) < 4.78 is 0. The van der Waals surface area contributed by atoms with E-state index in [1.807, 2.05) is 24.3 Å². The van der Waals surface area contributed by atoms with Crippen molar-refractivity contribution in [3.05, 3.63) is 54.2 Å². The minimum atomic E-state index is -1.49. The first kappa shape index (κ1) is 30.8. The molecule has 0 saturated heterocycles. The molecular formula is C26H34N8O7. The lowest BCUT2D eigenvalue weighted by molar-refractivity contribution is -0.142. The van der Waals surface area contributed by atoms with E-state index in [0.29, 0.717) is 5.69 Å². The number of aliphatic carboxylic acids is 1. The molecule has 0 aliphatic carbocycles. The number of hydrogen-bond acceptors (Lipinski definition) is 8. The van der Waals surface area contributed by atoms with E-state index in [0.717, 1.165) is 16.5 Å². The van der Waals surface area contributed by atoms with Crippen LogP contribution in [-0.4, -0.2) is 85.0 Å². The monoisotopic (exact) mass is 570 g/mol. The molecule has 11 N–H and O–H groups in total. The Morgan fingerprint density at radius 2 is 1.68 bits per heavy atom. The Hall–Kier alpha value is -4.76. The van der Waals surface area contributed by atoms with Crippen LogP contribution in [0.15, 0.2) is 43.0 Å². The van der Waals surface area contributed by atoms with Gasteiger partial charge < -0.3 is 47.6 Å². The van der Waals surface area contributed by atoms with E-state index in [4.69, 9.17) is 11.5 Å². The highest BCUT2D eigenvalue weighted by molar-refractivity contribution is 5.95. The van der Waals surface area contributed by atoms with E-state index in [9.17, 15) is 34.2 Å². The van der Waals surface area contributed by atoms with Gasteiger partial charge in [0, 0.05) is 41.8 Å². The normalized spacial score (nSPS) is 14.8. The van der Waals surface area contributed by atoms with Gasteiger partial charge in [0.25, 0.3) is 0 Å². The van der Waals surface area contributed by atoms with Gasteiger partial charge in [-0.1, -0.05) is 18.2 Å². The molecule has 5 unspecified atom stereocenters. The Kier molecular flexibility index (Phi) is 10.5. The van der Waals surface area contributed by atoms with Gasteiger partial charge in [-0.05, 0) is 31.4 Å². The van der Waals surface area contributed by atoms with E-state index in [1.165, 1.54) is 19.4 Å². The molecule has 15 heteroatoms. The van der Waals surface area contributed by atoms with Gasteiger partial charge in [0.05, 0.1) is 18.5 Å². The van der Waals surface area contributed by atoms with E-state index in [-0.39, 0.29) is 25.7 Å². The summed E-state index contributed by atoms with van der Waals surface area (Å²) >= 11 is 0. The summed E-state index contributed by atoms with van der Waals surface area (Å²) in [5, 5.41) is 27.8. The fourth-order valence-corrected chi connectivity index (χ4v) is 4.20. The quantitative estimate of drug-likeness (QED) is 0.0995. The molecule has 0 fully saturated rings. The molecule has 15 nitrogen and oxygen atoms in total. The fourth-order valence-electron chi connectivity index (χ4n) is 4.20. The maximum atomic E-state index is 13.2. The SMILES string of the molecule is CC(O)C(NC(=O)C(N)Cc1c[nH]c2ccccc12)C(=O)NC(Cc1cnc[nH]1)C(=O)NC(CCC(N)=O)C(=O)O. The lowest BCUT2D eigenvalue weighted by Crippen LogP contribution is -2.60. The summed E-state index contributed by atoms with van der Waals surface area (Å²) in [6.45, 7) is 1.28. The van der Waals surface area contributed by atoms with Gasteiger partial charge in [-0.2, -0.15) is 0 Å². The van der Waals surface area contributed by atoms with Gasteiger partial charge >= 0.3 is 5.97 Å². The van der Waals surface area contributed by atoms with E-state index in [2.05, 4.69) is 30.9 Å². The van der Waals surface area contributed by atoms with Crippen LogP contribution in [0.25, 0.3) is 10.9 Å². The topological polar surface area (TPSA) is 258 Å². The Morgan fingerprint density at radius 1 is 0.976 bits per heavy atom. The number of hydrogen-bond donors (Lipinski definition) is 9. The summed E-state index contributed by atoms with van der Waals surface area (Å²) in [5.74, 6) is -4.63. The second kappa shape index (κ2) is 14.0. The number of para-hydroxylation sites is 1. The molecule has 0 bridgehead atoms. The fraction of sp³-hybridized carbons (Fsp3) is 0.385. The smallest absolute Gasteiger partial charge is 0.326 e. The van der Waals surface area contributed by atoms with Crippen LogP contribution < -0.4 is 27.4 Å². The van der Waals surface area contributed by atoms with Gasteiger partial charge in [0.1, 0.15) is 18.1 Å².